The van der Waals surface area contributed by atoms with Crippen LogP contribution in [0.5, 0.6) is 0 Å². The second-order valence-electron chi connectivity index (χ2n) is 7.65. The molecule has 0 bridgehead atoms. The van der Waals surface area contributed by atoms with Crippen LogP contribution in [0, 0.1) is 0 Å². The van der Waals surface area contributed by atoms with Crippen molar-refractivity contribution in [2.24, 2.45) is 0 Å². The lowest BCUT2D eigenvalue weighted by Gasteiger charge is -2.34. The highest BCUT2D eigenvalue weighted by Gasteiger charge is 2.32. The average molecular weight is 436 g/mol. The topological polar surface area (TPSA) is 88.6 Å². The Bertz CT molecular complexity index is 968. The predicted octanol–water partition coefficient (Wildman–Crippen LogP) is 3.07. The first-order valence-electron chi connectivity index (χ1n) is 9.88. The summed E-state index contributed by atoms with van der Waals surface area (Å²) in [6.45, 7) is 4.37. The number of aryl methyl sites for hydroxylation is 2. The average Bonchev–Trinajstić information content (AvgIpc) is 3.09. The lowest BCUT2D eigenvalue weighted by Crippen LogP contribution is -2.48. The van der Waals surface area contributed by atoms with Crippen molar-refractivity contribution in [1.82, 2.24) is 9.29 Å². The van der Waals surface area contributed by atoms with Crippen molar-refractivity contribution < 1.29 is 17.9 Å². The molecular formula is C20H25N3O4S2. The van der Waals surface area contributed by atoms with Crippen molar-refractivity contribution in [1.29, 1.82) is 0 Å². The maximum absolute atomic E-state index is 12.9. The number of thiazole rings is 1. The number of rotatable bonds is 4. The maximum Gasteiger partial charge on any atom is 0.257 e. The molecule has 156 valence electrons. The Labute approximate surface area is 175 Å². The van der Waals surface area contributed by atoms with E-state index < -0.39 is 10.0 Å². The first-order valence-corrected chi connectivity index (χ1v) is 12.1. The Morgan fingerprint density at radius 3 is 2.45 bits per heavy atom. The summed E-state index contributed by atoms with van der Waals surface area (Å²) < 4.78 is 32.9. The molecule has 2 aliphatic rings. The number of hydrogen-bond acceptors (Lipinski definition) is 6. The molecule has 0 unspecified atom stereocenters. The Balaban J connectivity index is 1.47. The number of fused-ring (bicyclic) bond motifs is 1. The van der Waals surface area contributed by atoms with E-state index in [1.807, 2.05) is 13.8 Å². The number of aromatic nitrogens is 1. The molecule has 0 saturated carbocycles. The van der Waals surface area contributed by atoms with Crippen LogP contribution in [0.4, 0.5) is 5.13 Å². The van der Waals surface area contributed by atoms with Gasteiger partial charge in [0.15, 0.2) is 5.13 Å². The third-order valence-corrected chi connectivity index (χ3v) is 8.13. The summed E-state index contributed by atoms with van der Waals surface area (Å²) in [5.41, 5.74) is 1.49. The smallest absolute Gasteiger partial charge is 0.257 e. The number of carbonyl (C=O) groups excluding carboxylic acids is 1. The molecule has 1 aliphatic carbocycles. The van der Waals surface area contributed by atoms with E-state index in [0.717, 1.165) is 25.0 Å². The van der Waals surface area contributed by atoms with E-state index in [4.69, 9.17) is 4.74 Å². The largest absolute Gasteiger partial charge is 0.373 e. The predicted molar refractivity (Wildman–Crippen MR) is 112 cm³/mol. The van der Waals surface area contributed by atoms with Crippen LogP contribution >= 0.6 is 11.3 Å². The molecule has 29 heavy (non-hydrogen) atoms. The van der Waals surface area contributed by atoms with Crippen LogP contribution < -0.4 is 5.32 Å². The van der Waals surface area contributed by atoms with E-state index in [1.165, 1.54) is 39.1 Å². The molecule has 1 aromatic heterocycles. The maximum atomic E-state index is 12.9. The standard InChI is InChI=1S/C20H25N3O4S2/c1-13-11-23(12-14(2)27-13)29(25,26)16-9-7-15(8-10-16)19(24)22-20-21-17-5-3-4-6-18(17)28-20/h7-10,13-14H,3-6,11-12H2,1-2H3,(H,21,22,24)/t13-,14-/m0/s1. The van der Waals surface area contributed by atoms with Crippen LogP contribution in [0.1, 0.15) is 47.6 Å². The monoisotopic (exact) mass is 435 g/mol. The molecule has 9 heteroatoms. The van der Waals surface area contributed by atoms with Crippen molar-refractivity contribution >= 4 is 32.4 Å². The molecule has 1 aliphatic heterocycles. The molecule has 2 heterocycles. The zero-order chi connectivity index (χ0) is 20.6. The highest BCUT2D eigenvalue weighted by molar-refractivity contribution is 7.89. The minimum atomic E-state index is -3.62. The van der Waals surface area contributed by atoms with Gasteiger partial charge in [-0.25, -0.2) is 13.4 Å². The summed E-state index contributed by atoms with van der Waals surface area (Å²) in [7, 11) is -3.62. The lowest BCUT2D eigenvalue weighted by atomic mass is 10.0. The van der Waals surface area contributed by atoms with Gasteiger partial charge in [0.25, 0.3) is 5.91 Å². The van der Waals surface area contributed by atoms with Crippen LogP contribution in [0.25, 0.3) is 0 Å². The van der Waals surface area contributed by atoms with E-state index in [1.54, 1.807) is 12.1 Å². The number of sulfonamides is 1. The van der Waals surface area contributed by atoms with E-state index in [2.05, 4.69) is 10.3 Å². The molecule has 7 nitrogen and oxygen atoms in total. The van der Waals surface area contributed by atoms with Crippen molar-refractivity contribution in [3.63, 3.8) is 0 Å². The van der Waals surface area contributed by atoms with Gasteiger partial charge in [-0.3, -0.25) is 10.1 Å². The fourth-order valence-electron chi connectivity index (χ4n) is 3.83. The number of amides is 1. The molecule has 1 N–H and O–H groups in total. The fraction of sp³-hybridized carbons (Fsp3) is 0.500. The number of nitrogens with one attached hydrogen (secondary N) is 1. The molecule has 0 spiro atoms. The summed E-state index contributed by atoms with van der Waals surface area (Å²) >= 11 is 1.53. The summed E-state index contributed by atoms with van der Waals surface area (Å²) in [4.78, 5) is 18.5. The fourth-order valence-corrected chi connectivity index (χ4v) is 6.46. The first kappa shape index (κ1) is 20.5. The van der Waals surface area contributed by atoms with E-state index >= 15 is 0 Å². The highest BCUT2D eigenvalue weighted by Crippen LogP contribution is 2.30. The number of carbonyl (C=O) groups is 1. The van der Waals surface area contributed by atoms with Crippen molar-refractivity contribution in [2.75, 3.05) is 18.4 Å². The van der Waals surface area contributed by atoms with Gasteiger partial charge in [-0.05, 0) is 63.8 Å². The van der Waals surface area contributed by atoms with Crippen molar-refractivity contribution in [2.45, 2.75) is 56.6 Å². The van der Waals surface area contributed by atoms with Gasteiger partial charge in [0.1, 0.15) is 0 Å². The Morgan fingerprint density at radius 2 is 1.79 bits per heavy atom. The molecule has 1 amide bonds. The zero-order valence-electron chi connectivity index (χ0n) is 16.6. The third-order valence-electron chi connectivity index (χ3n) is 5.21. The number of benzene rings is 1. The molecule has 4 rings (SSSR count). The Morgan fingerprint density at radius 1 is 1.14 bits per heavy atom. The number of morpholine rings is 1. The highest BCUT2D eigenvalue weighted by atomic mass is 32.2. The molecule has 0 radical (unpaired) electrons. The molecule has 2 aromatic rings. The summed E-state index contributed by atoms with van der Waals surface area (Å²) in [5.74, 6) is -0.284. The summed E-state index contributed by atoms with van der Waals surface area (Å²) in [6, 6.07) is 6.07. The second kappa shape index (κ2) is 8.14. The second-order valence-corrected chi connectivity index (χ2v) is 10.7. The van der Waals surface area contributed by atoms with Gasteiger partial charge in [0.05, 0.1) is 22.8 Å². The van der Waals surface area contributed by atoms with Crippen molar-refractivity contribution in [3.05, 3.63) is 40.4 Å². The van der Waals surface area contributed by atoms with Gasteiger partial charge in [-0.15, -0.1) is 11.3 Å². The van der Waals surface area contributed by atoms with E-state index in [9.17, 15) is 13.2 Å². The van der Waals surface area contributed by atoms with Gasteiger partial charge in [-0.1, -0.05) is 0 Å². The lowest BCUT2D eigenvalue weighted by molar-refractivity contribution is -0.0440. The van der Waals surface area contributed by atoms with Crippen LogP contribution in [-0.2, 0) is 27.6 Å². The quantitative estimate of drug-likeness (QED) is 0.797. The minimum absolute atomic E-state index is 0.150. The zero-order valence-corrected chi connectivity index (χ0v) is 18.2. The SMILES string of the molecule is C[C@H]1CN(S(=O)(=O)c2ccc(C(=O)Nc3nc4c(s3)CCCC4)cc2)C[C@H](C)O1. The van der Waals surface area contributed by atoms with Gasteiger partial charge < -0.3 is 4.74 Å². The van der Waals surface area contributed by atoms with Crippen LogP contribution in [0.2, 0.25) is 0 Å². The van der Waals surface area contributed by atoms with Gasteiger partial charge in [0, 0.05) is 23.5 Å². The molecular weight excluding hydrogens is 410 g/mol. The molecule has 2 atom stereocenters. The van der Waals surface area contributed by atoms with Crippen LogP contribution in [-0.4, -0.2) is 48.9 Å². The van der Waals surface area contributed by atoms with E-state index in [-0.39, 0.29) is 23.0 Å². The van der Waals surface area contributed by atoms with Crippen LogP contribution in [0.3, 0.4) is 0 Å². The number of ether oxygens (including phenoxy) is 1. The Hall–Kier alpha value is -1.81. The Kier molecular flexibility index (Phi) is 5.74. The minimum Gasteiger partial charge on any atom is -0.373 e. The summed E-state index contributed by atoms with van der Waals surface area (Å²) in [6.07, 6.45) is 3.99. The van der Waals surface area contributed by atoms with Crippen LogP contribution in [0.15, 0.2) is 29.2 Å². The molecule has 1 fully saturated rings. The third kappa shape index (κ3) is 4.37. The van der Waals surface area contributed by atoms with Gasteiger partial charge >= 0.3 is 0 Å². The van der Waals surface area contributed by atoms with Gasteiger partial charge in [0.2, 0.25) is 10.0 Å². The first-order chi connectivity index (χ1) is 13.8. The number of anilines is 1. The van der Waals surface area contributed by atoms with Crippen molar-refractivity contribution in [3.8, 4) is 0 Å². The number of hydrogen-bond donors (Lipinski definition) is 1. The molecule has 1 aromatic carbocycles. The number of nitrogens with zero attached hydrogens (tertiary/aromatic N) is 2. The summed E-state index contributed by atoms with van der Waals surface area (Å²) in [5, 5.41) is 3.45. The van der Waals surface area contributed by atoms with E-state index in [0.29, 0.717) is 23.8 Å². The molecule has 1 saturated heterocycles. The normalized spacial score (nSPS) is 22.8. The van der Waals surface area contributed by atoms with Gasteiger partial charge in [-0.2, -0.15) is 4.31 Å².